The van der Waals surface area contributed by atoms with Crippen LogP contribution in [0.15, 0.2) is 94.9 Å². The molecule has 0 atom stereocenters. The van der Waals surface area contributed by atoms with Crippen molar-refractivity contribution >= 4 is 38.1 Å². The van der Waals surface area contributed by atoms with Crippen LogP contribution in [-0.4, -0.2) is 37.8 Å². The molecule has 0 saturated carbocycles. The Labute approximate surface area is 205 Å². The summed E-state index contributed by atoms with van der Waals surface area (Å²) in [6, 6.07) is 24.7. The summed E-state index contributed by atoms with van der Waals surface area (Å²) in [4.78, 5) is 4.86. The Morgan fingerprint density at radius 1 is 0.857 bits per heavy atom. The molecule has 0 aliphatic heterocycles. The van der Waals surface area contributed by atoms with Crippen LogP contribution in [0.3, 0.4) is 0 Å². The van der Waals surface area contributed by atoms with Crippen molar-refractivity contribution in [1.82, 2.24) is 29.4 Å². The van der Waals surface area contributed by atoms with Crippen molar-refractivity contribution in [2.45, 2.75) is 9.92 Å². The lowest BCUT2D eigenvalue weighted by atomic mass is 10.2. The van der Waals surface area contributed by atoms with Crippen molar-refractivity contribution in [3.8, 4) is 22.8 Å². The number of hydrogen-bond acceptors (Lipinski definition) is 6. The summed E-state index contributed by atoms with van der Waals surface area (Å²) in [5.41, 5.74) is 3.61. The van der Waals surface area contributed by atoms with Gasteiger partial charge in [0.2, 0.25) is 14.9 Å². The molecule has 3 aromatic carbocycles. The average Bonchev–Trinajstić information content (AvgIpc) is 3.46. The average molecular weight is 501 g/mol. The number of halogens is 1. The van der Waals surface area contributed by atoms with Gasteiger partial charge in [0.15, 0.2) is 11.5 Å². The molecule has 0 bridgehead atoms. The van der Waals surface area contributed by atoms with Crippen LogP contribution in [-0.2, 0) is 16.9 Å². The van der Waals surface area contributed by atoms with E-state index in [1.807, 2.05) is 48.0 Å². The second kappa shape index (κ2) is 8.00. The van der Waals surface area contributed by atoms with E-state index < -0.39 is 9.84 Å². The number of rotatable bonds is 4. The second-order valence-corrected chi connectivity index (χ2v) is 10.3. The largest absolute Gasteiger partial charge is 0.326 e. The standard InChI is InChI=1S/C25H17ClN6O2S/c1-31-21-10-6-5-9-19(21)27-24(31)23-25(35(33,34)18-7-3-2-4-8-18)29-28-22-15-20(30-32(22)23)16-11-13-17(26)14-12-16/h2-15H,1H3. The predicted molar refractivity (Wildman–Crippen MR) is 133 cm³/mol. The Balaban J connectivity index is 1.69. The van der Waals surface area contributed by atoms with Gasteiger partial charge in [-0.25, -0.2) is 17.9 Å². The van der Waals surface area contributed by atoms with Gasteiger partial charge in [-0.3, -0.25) is 0 Å². The molecule has 35 heavy (non-hydrogen) atoms. The van der Waals surface area contributed by atoms with E-state index >= 15 is 0 Å². The van der Waals surface area contributed by atoms with Crippen LogP contribution >= 0.6 is 11.6 Å². The highest BCUT2D eigenvalue weighted by molar-refractivity contribution is 7.91. The smallest absolute Gasteiger partial charge is 0.228 e. The van der Waals surface area contributed by atoms with E-state index in [0.717, 1.165) is 16.6 Å². The highest BCUT2D eigenvalue weighted by Gasteiger charge is 2.30. The van der Waals surface area contributed by atoms with Gasteiger partial charge in [0.05, 0.1) is 21.6 Å². The fourth-order valence-corrected chi connectivity index (χ4v) is 5.49. The molecule has 10 heteroatoms. The lowest BCUT2D eigenvalue weighted by molar-refractivity contribution is 0.588. The molecule has 0 amide bonds. The molecule has 0 saturated heterocycles. The highest BCUT2D eigenvalue weighted by atomic mass is 35.5. The van der Waals surface area contributed by atoms with E-state index in [0.29, 0.717) is 22.2 Å². The number of para-hydroxylation sites is 2. The van der Waals surface area contributed by atoms with Crippen molar-refractivity contribution in [1.29, 1.82) is 0 Å². The zero-order valence-corrected chi connectivity index (χ0v) is 19.9. The van der Waals surface area contributed by atoms with Gasteiger partial charge in [0.25, 0.3) is 0 Å². The van der Waals surface area contributed by atoms with Gasteiger partial charge >= 0.3 is 0 Å². The molecule has 8 nitrogen and oxygen atoms in total. The maximum Gasteiger partial charge on any atom is 0.228 e. The number of imidazole rings is 1. The van der Waals surface area contributed by atoms with Crippen LogP contribution in [0.5, 0.6) is 0 Å². The third-order valence-electron chi connectivity index (χ3n) is 5.80. The number of benzene rings is 3. The quantitative estimate of drug-likeness (QED) is 0.344. The van der Waals surface area contributed by atoms with Gasteiger partial charge in [-0.2, -0.15) is 5.10 Å². The summed E-state index contributed by atoms with van der Waals surface area (Å²) in [6.07, 6.45) is 0. The fraction of sp³-hybridized carbons (Fsp3) is 0.0400. The van der Waals surface area contributed by atoms with Crippen LogP contribution in [0.2, 0.25) is 5.02 Å². The predicted octanol–water partition coefficient (Wildman–Crippen LogP) is 4.83. The topological polar surface area (TPSA) is 95.0 Å². The third-order valence-corrected chi connectivity index (χ3v) is 7.72. The van der Waals surface area contributed by atoms with E-state index in [1.54, 1.807) is 36.4 Å². The highest BCUT2D eigenvalue weighted by Crippen LogP contribution is 2.32. The summed E-state index contributed by atoms with van der Waals surface area (Å²) in [5.74, 6) is 0.409. The second-order valence-electron chi connectivity index (χ2n) is 7.96. The summed E-state index contributed by atoms with van der Waals surface area (Å²) < 4.78 is 30.8. The number of aromatic nitrogens is 6. The van der Waals surface area contributed by atoms with Crippen molar-refractivity contribution in [2.75, 3.05) is 0 Å². The fourth-order valence-electron chi connectivity index (χ4n) is 4.04. The molecule has 3 aromatic heterocycles. The first-order chi connectivity index (χ1) is 16.9. The van der Waals surface area contributed by atoms with Crippen molar-refractivity contribution in [2.24, 2.45) is 7.05 Å². The SMILES string of the molecule is Cn1c(-c2c(S(=O)(=O)c3ccccc3)nnc3cc(-c4ccc(Cl)cc4)nn23)nc2ccccc21. The molecule has 0 aliphatic rings. The van der Waals surface area contributed by atoms with Crippen LogP contribution in [0, 0.1) is 0 Å². The van der Waals surface area contributed by atoms with Gasteiger partial charge in [-0.15, -0.1) is 10.2 Å². The minimum absolute atomic E-state index is 0.110. The first-order valence-corrected chi connectivity index (χ1v) is 12.5. The monoisotopic (exact) mass is 500 g/mol. The van der Waals surface area contributed by atoms with Gasteiger partial charge in [-0.1, -0.05) is 54.1 Å². The molecule has 0 aliphatic carbocycles. The Bertz CT molecular complexity index is 1830. The number of aryl methyl sites for hydroxylation is 1. The summed E-state index contributed by atoms with van der Waals surface area (Å²) in [5, 5.41) is 13.5. The molecule has 0 fully saturated rings. The van der Waals surface area contributed by atoms with Crippen LogP contribution in [0.4, 0.5) is 0 Å². The zero-order valence-electron chi connectivity index (χ0n) is 18.4. The Kier molecular flexibility index (Phi) is 4.91. The molecular weight excluding hydrogens is 484 g/mol. The Morgan fingerprint density at radius 3 is 2.31 bits per heavy atom. The van der Waals surface area contributed by atoms with E-state index in [9.17, 15) is 8.42 Å². The van der Waals surface area contributed by atoms with Gasteiger partial charge < -0.3 is 4.57 Å². The zero-order chi connectivity index (χ0) is 24.2. The molecule has 172 valence electrons. The maximum atomic E-state index is 13.7. The van der Waals surface area contributed by atoms with Crippen molar-refractivity contribution in [3.05, 3.63) is 90.0 Å². The van der Waals surface area contributed by atoms with Crippen molar-refractivity contribution < 1.29 is 8.42 Å². The van der Waals surface area contributed by atoms with E-state index in [1.165, 1.54) is 16.6 Å². The number of fused-ring (bicyclic) bond motifs is 2. The van der Waals surface area contributed by atoms with Gasteiger partial charge in [-0.05, 0) is 36.4 Å². The minimum atomic E-state index is -4.03. The van der Waals surface area contributed by atoms with Crippen LogP contribution in [0.25, 0.3) is 39.5 Å². The van der Waals surface area contributed by atoms with Crippen LogP contribution in [0.1, 0.15) is 0 Å². The van der Waals surface area contributed by atoms with E-state index in [2.05, 4.69) is 10.2 Å². The Morgan fingerprint density at radius 2 is 1.57 bits per heavy atom. The Hall–Kier alpha value is -4.08. The van der Waals surface area contributed by atoms with Gasteiger partial charge in [0, 0.05) is 23.7 Å². The summed E-state index contributed by atoms with van der Waals surface area (Å²) in [6.45, 7) is 0. The normalized spacial score (nSPS) is 11.9. The maximum absolute atomic E-state index is 13.7. The lowest BCUT2D eigenvalue weighted by Crippen LogP contribution is -2.13. The number of nitrogens with zero attached hydrogens (tertiary/aromatic N) is 6. The third kappa shape index (κ3) is 3.48. The molecule has 0 spiro atoms. The van der Waals surface area contributed by atoms with Crippen molar-refractivity contribution in [3.63, 3.8) is 0 Å². The molecule has 0 unspecified atom stereocenters. The molecule has 3 heterocycles. The molecule has 6 rings (SSSR count). The summed E-state index contributed by atoms with van der Waals surface area (Å²) in [7, 11) is -2.20. The summed E-state index contributed by atoms with van der Waals surface area (Å²) >= 11 is 6.04. The number of sulfone groups is 1. The molecule has 0 N–H and O–H groups in total. The van der Waals surface area contributed by atoms with E-state index in [-0.39, 0.29) is 15.6 Å². The minimum Gasteiger partial charge on any atom is -0.326 e. The van der Waals surface area contributed by atoms with E-state index in [4.69, 9.17) is 21.7 Å². The molecular formula is C25H17ClN6O2S. The lowest BCUT2D eigenvalue weighted by Gasteiger charge is -2.11. The van der Waals surface area contributed by atoms with Gasteiger partial charge in [0.1, 0.15) is 5.69 Å². The molecule has 6 aromatic rings. The molecule has 0 radical (unpaired) electrons. The first kappa shape index (κ1) is 21.5. The van der Waals surface area contributed by atoms with Crippen LogP contribution < -0.4 is 0 Å². The first-order valence-electron chi connectivity index (χ1n) is 10.7. The number of hydrogen-bond donors (Lipinski definition) is 0.